The van der Waals surface area contributed by atoms with Gasteiger partial charge in [0.15, 0.2) is 0 Å². The smallest absolute Gasteiger partial charge is 0.239 e. The average Bonchev–Trinajstić information content (AvgIpc) is 3.30. The molecular weight excluding hydrogens is 338 g/mol. The number of carbonyl (C=O) groups is 2. The van der Waals surface area contributed by atoms with Crippen LogP contribution in [0.5, 0.6) is 0 Å². The third-order valence-corrected chi connectivity index (χ3v) is 6.49. The Hall–Kier alpha value is -1.88. The van der Waals surface area contributed by atoms with Gasteiger partial charge in [0.25, 0.3) is 0 Å². The molecule has 3 fully saturated rings. The minimum Gasteiger partial charge on any atom is -0.339 e. The standard InChI is InChI=1S/C22H31N3O2/c1-16-13-17(2)15-19(14-16)25-8-7-20(22(25)27)21(26)24-11-9-23(10-12-24)18-5-3-4-6-18/h13-15,18,20H,3-12H2,1-2H3. The quantitative estimate of drug-likeness (QED) is 0.770. The van der Waals surface area contributed by atoms with Crippen molar-refractivity contribution in [2.24, 2.45) is 5.92 Å². The molecule has 0 radical (unpaired) electrons. The van der Waals surface area contributed by atoms with Crippen molar-refractivity contribution in [3.63, 3.8) is 0 Å². The third-order valence-electron chi connectivity index (χ3n) is 6.49. The molecule has 27 heavy (non-hydrogen) atoms. The Morgan fingerprint density at radius 3 is 2.15 bits per heavy atom. The summed E-state index contributed by atoms with van der Waals surface area (Å²) in [6, 6.07) is 6.91. The number of piperazine rings is 1. The van der Waals surface area contributed by atoms with Crippen LogP contribution in [0.4, 0.5) is 5.69 Å². The molecular formula is C22H31N3O2. The van der Waals surface area contributed by atoms with Crippen LogP contribution in [0, 0.1) is 19.8 Å². The molecule has 0 aromatic heterocycles. The predicted molar refractivity (Wildman–Crippen MR) is 107 cm³/mol. The molecule has 4 rings (SSSR count). The fourth-order valence-electron chi connectivity index (χ4n) is 5.07. The molecule has 1 aromatic rings. The first-order chi connectivity index (χ1) is 13.0. The predicted octanol–water partition coefficient (Wildman–Crippen LogP) is 2.74. The van der Waals surface area contributed by atoms with Crippen molar-refractivity contribution in [1.82, 2.24) is 9.80 Å². The molecule has 2 amide bonds. The number of carbonyl (C=O) groups excluding carboxylic acids is 2. The van der Waals surface area contributed by atoms with Crippen molar-refractivity contribution in [2.75, 3.05) is 37.6 Å². The van der Waals surface area contributed by atoms with Gasteiger partial charge in [0, 0.05) is 44.5 Å². The van der Waals surface area contributed by atoms with Crippen LogP contribution in [-0.4, -0.2) is 60.4 Å². The van der Waals surface area contributed by atoms with E-state index in [2.05, 4.69) is 11.0 Å². The highest BCUT2D eigenvalue weighted by atomic mass is 16.2. The van der Waals surface area contributed by atoms with Crippen molar-refractivity contribution in [3.8, 4) is 0 Å². The summed E-state index contributed by atoms with van der Waals surface area (Å²) in [5.41, 5.74) is 3.23. The van der Waals surface area contributed by atoms with E-state index in [9.17, 15) is 9.59 Å². The molecule has 2 aliphatic heterocycles. The van der Waals surface area contributed by atoms with E-state index in [1.165, 1.54) is 25.7 Å². The van der Waals surface area contributed by atoms with E-state index in [-0.39, 0.29) is 11.8 Å². The Morgan fingerprint density at radius 1 is 0.889 bits per heavy atom. The summed E-state index contributed by atoms with van der Waals surface area (Å²) in [7, 11) is 0. The molecule has 0 bridgehead atoms. The van der Waals surface area contributed by atoms with E-state index in [4.69, 9.17) is 0 Å². The van der Waals surface area contributed by atoms with E-state index in [1.54, 1.807) is 4.90 Å². The second-order valence-corrected chi connectivity index (χ2v) is 8.48. The summed E-state index contributed by atoms with van der Waals surface area (Å²) in [5.74, 6) is -0.481. The van der Waals surface area contributed by atoms with Crippen molar-refractivity contribution in [2.45, 2.75) is 52.0 Å². The number of rotatable bonds is 3. The molecule has 2 saturated heterocycles. The third kappa shape index (κ3) is 3.75. The molecule has 2 heterocycles. The van der Waals surface area contributed by atoms with Gasteiger partial charge in [0.05, 0.1) is 0 Å². The van der Waals surface area contributed by atoms with Crippen molar-refractivity contribution in [3.05, 3.63) is 29.3 Å². The molecule has 0 N–H and O–H groups in total. The average molecular weight is 370 g/mol. The molecule has 5 heteroatoms. The van der Waals surface area contributed by atoms with Crippen LogP contribution in [0.15, 0.2) is 18.2 Å². The van der Waals surface area contributed by atoms with Gasteiger partial charge in [-0.15, -0.1) is 0 Å². The summed E-state index contributed by atoms with van der Waals surface area (Å²) < 4.78 is 0. The first-order valence-electron chi connectivity index (χ1n) is 10.5. The summed E-state index contributed by atoms with van der Waals surface area (Å²) in [4.78, 5) is 32.2. The maximum Gasteiger partial charge on any atom is 0.239 e. The monoisotopic (exact) mass is 369 g/mol. The van der Waals surface area contributed by atoms with Gasteiger partial charge in [-0.1, -0.05) is 18.9 Å². The molecule has 146 valence electrons. The molecule has 1 saturated carbocycles. The minimum absolute atomic E-state index is 0.0248. The van der Waals surface area contributed by atoms with E-state index in [0.29, 0.717) is 13.0 Å². The molecule has 0 spiro atoms. The maximum absolute atomic E-state index is 13.0. The zero-order chi connectivity index (χ0) is 19.0. The second-order valence-electron chi connectivity index (χ2n) is 8.48. The highest BCUT2D eigenvalue weighted by Gasteiger charge is 2.40. The van der Waals surface area contributed by atoms with Crippen molar-refractivity contribution >= 4 is 17.5 Å². The van der Waals surface area contributed by atoms with E-state index in [0.717, 1.165) is 49.0 Å². The number of anilines is 1. The van der Waals surface area contributed by atoms with Gasteiger partial charge in [-0.3, -0.25) is 14.5 Å². The first-order valence-corrected chi connectivity index (χ1v) is 10.5. The molecule has 1 aliphatic carbocycles. The first kappa shape index (κ1) is 18.5. The van der Waals surface area contributed by atoms with E-state index >= 15 is 0 Å². The van der Waals surface area contributed by atoms with Gasteiger partial charge in [-0.05, 0) is 56.4 Å². The van der Waals surface area contributed by atoms with Gasteiger partial charge in [0.1, 0.15) is 5.92 Å². The Labute approximate surface area is 162 Å². The lowest BCUT2D eigenvalue weighted by Gasteiger charge is -2.38. The Morgan fingerprint density at radius 2 is 1.52 bits per heavy atom. The highest BCUT2D eigenvalue weighted by molar-refractivity contribution is 6.09. The van der Waals surface area contributed by atoms with Crippen LogP contribution < -0.4 is 4.90 Å². The van der Waals surface area contributed by atoms with Gasteiger partial charge < -0.3 is 9.80 Å². The Kier molecular flexibility index (Phi) is 5.22. The van der Waals surface area contributed by atoms with Crippen molar-refractivity contribution in [1.29, 1.82) is 0 Å². The molecule has 1 aromatic carbocycles. The summed E-state index contributed by atoms with van der Waals surface area (Å²) in [5, 5.41) is 0. The maximum atomic E-state index is 13.0. The minimum atomic E-state index is -0.496. The van der Waals surface area contributed by atoms with Gasteiger partial charge in [-0.2, -0.15) is 0 Å². The lowest BCUT2D eigenvalue weighted by molar-refractivity contribution is -0.141. The zero-order valence-corrected chi connectivity index (χ0v) is 16.6. The van der Waals surface area contributed by atoms with Gasteiger partial charge in [0.2, 0.25) is 11.8 Å². The second kappa shape index (κ2) is 7.63. The van der Waals surface area contributed by atoms with Gasteiger partial charge >= 0.3 is 0 Å². The number of hydrogen-bond acceptors (Lipinski definition) is 3. The highest BCUT2D eigenvalue weighted by Crippen LogP contribution is 2.29. The van der Waals surface area contributed by atoms with Gasteiger partial charge in [-0.25, -0.2) is 0 Å². The SMILES string of the molecule is Cc1cc(C)cc(N2CCC(C(=O)N3CCN(C4CCCC4)CC3)C2=O)c1. The number of hydrogen-bond donors (Lipinski definition) is 0. The molecule has 1 unspecified atom stereocenters. The zero-order valence-electron chi connectivity index (χ0n) is 16.6. The number of aryl methyl sites for hydroxylation is 2. The normalized spacial score (nSPS) is 24.8. The topological polar surface area (TPSA) is 43.9 Å². The largest absolute Gasteiger partial charge is 0.339 e. The number of nitrogens with zero attached hydrogens (tertiary/aromatic N) is 3. The Balaban J connectivity index is 1.38. The number of benzene rings is 1. The fourth-order valence-corrected chi connectivity index (χ4v) is 5.07. The van der Waals surface area contributed by atoms with Crippen molar-refractivity contribution < 1.29 is 9.59 Å². The summed E-state index contributed by atoms with van der Waals surface area (Å²) >= 11 is 0. The van der Waals surface area contributed by atoms with Crippen LogP contribution in [0.2, 0.25) is 0 Å². The Bertz CT molecular complexity index is 698. The van der Waals surface area contributed by atoms with Crippen LogP contribution >= 0.6 is 0 Å². The molecule has 1 atom stereocenters. The van der Waals surface area contributed by atoms with Crippen LogP contribution in [-0.2, 0) is 9.59 Å². The van der Waals surface area contributed by atoms with E-state index < -0.39 is 5.92 Å². The van der Waals surface area contributed by atoms with Crippen LogP contribution in [0.3, 0.4) is 0 Å². The van der Waals surface area contributed by atoms with E-state index in [1.807, 2.05) is 30.9 Å². The fraction of sp³-hybridized carbons (Fsp3) is 0.636. The number of amides is 2. The van der Waals surface area contributed by atoms with Crippen LogP contribution in [0.1, 0.15) is 43.2 Å². The summed E-state index contributed by atoms with van der Waals surface area (Å²) in [6.45, 7) is 8.18. The molecule has 3 aliphatic rings. The van der Waals surface area contributed by atoms with Crippen LogP contribution in [0.25, 0.3) is 0 Å². The summed E-state index contributed by atoms with van der Waals surface area (Å²) in [6.07, 6.45) is 5.93. The molecule has 5 nitrogen and oxygen atoms in total. The lowest BCUT2D eigenvalue weighted by atomic mass is 10.1. The lowest BCUT2D eigenvalue weighted by Crippen LogP contribution is -2.53.